The van der Waals surface area contributed by atoms with Gasteiger partial charge in [-0.1, -0.05) is 30.6 Å². The van der Waals surface area contributed by atoms with Crippen LogP contribution in [-0.4, -0.2) is 45.1 Å². The zero-order chi connectivity index (χ0) is 24.3. The topological polar surface area (TPSA) is 132 Å². The summed E-state index contributed by atoms with van der Waals surface area (Å²) < 4.78 is 11.1. The third-order valence-corrected chi connectivity index (χ3v) is 6.52. The van der Waals surface area contributed by atoms with Crippen LogP contribution >= 0.6 is 22.9 Å². The molecule has 0 bridgehead atoms. The highest BCUT2D eigenvalue weighted by Gasteiger charge is 2.20. The van der Waals surface area contributed by atoms with Crippen LogP contribution in [-0.2, 0) is 11.2 Å². The van der Waals surface area contributed by atoms with Gasteiger partial charge in [-0.15, -0.1) is 11.3 Å². The molecule has 0 fully saturated rings. The normalized spacial score (nSPS) is 13.3. The molecule has 1 aromatic carbocycles. The molecule has 0 aliphatic rings. The Morgan fingerprint density at radius 1 is 1.30 bits per heavy atom. The molecule has 1 unspecified atom stereocenters. The standard InChI is InChI=1S/C23H28ClN3O5S/c1-11(2)5-15-10-33-20(13(15)4)23-26-22(27-32-23)14-6-12(3)19(17(24)7-14)31-9-16(28)8-18(29)21(25)30/h6-7,10-11,16,18,28-29H,5,8-9H2,1-4H3,(H2,25,30)/t16-,18?/m0/s1. The van der Waals surface area contributed by atoms with Crippen molar-refractivity contribution in [3.8, 4) is 27.9 Å². The van der Waals surface area contributed by atoms with E-state index in [0.29, 0.717) is 39.5 Å². The maximum absolute atomic E-state index is 10.9. The predicted molar refractivity (Wildman–Crippen MR) is 127 cm³/mol. The maximum Gasteiger partial charge on any atom is 0.268 e. The average molecular weight is 494 g/mol. The highest BCUT2D eigenvalue weighted by molar-refractivity contribution is 7.13. The summed E-state index contributed by atoms with van der Waals surface area (Å²) in [6.07, 6.45) is -1.76. The summed E-state index contributed by atoms with van der Waals surface area (Å²) in [4.78, 5) is 16.4. The number of aliphatic hydroxyl groups is 2. The van der Waals surface area contributed by atoms with Gasteiger partial charge in [0.25, 0.3) is 5.89 Å². The van der Waals surface area contributed by atoms with Crippen molar-refractivity contribution in [1.82, 2.24) is 10.1 Å². The average Bonchev–Trinajstić information content (AvgIpc) is 3.34. The Kier molecular flexibility index (Phi) is 8.12. The number of thiophene rings is 1. The van der Waals surface area contributed by atoms with Crippen LogP contribution in [0.15, 0.2) is 22.0 Å². The lowest BCUT2D eigenvalue weighted by molar-refractivity contribution is -0.127. The number of nitrogens with zero attached hydrogens (tertiary/aromatic N) is 2. The van der Waals surface area contributed by atoms with Crippen molar-refractivity contribution in [3.05, 3.63) is 39.2 Å². The molecule has 4 N–H and O–H groups in total. The van der Waals surface area contributed by atoms with Crippen LogP contribution in [0.4, 0.5) is 0 Å². The van der Waals surface area contributed by atoms with Crippen molar-refractivity contribution < 1.29 is 24.3 Å². The Morgan fingerprint density at radius 3 is 2.67 bits per heavy atom. The van der Waals surface area contributed by atoms with Gasteiger partial charge in [0.2, 0.25) is 11.7 Å². The van der Waals surface area contributed by atoms with Gasteiger partial charge in [-0.3, -0.25) is 4.79 Å². The van der Waals surface area contributed by atoms with E-state index in [-0.39, 0.29) is 13.0 Å². The Morgan fingerprint density at radius 2 is 2.03 bits per heavy atom. The number of primary amides is 1. The van der Waals surface area contributed by atoms with Gasteiger partial charge in [-0.05, 0) is 60.4 Å². The van der Waals surface area contributed by atoms with Crippen molar-refractivity contribution in [2.24, 2.45) is 11.7 Å². The number of ether oxygens (including phenoxy) is 1. The van der Waals surface area contributed by atoms with Crippen molar-refractivity contribution >= 4 is 28.8 Å². The number of aryl methyl sites for hydroxylation is 1. The zero-order valence-corrected chi connectivity index (χ0v) is 20.5. The van der Waals surface area contributed by atoms with Crippen LogP contribution in [0.3, 0.4) is 0 Å². The molecule has 3 aromatic rings. The SMILES string of the molecule is Cc1cc(-c2noc(-c3scc(CC(C)C)c3C)n2)cc(Cl)c1OC[C@@H](O)CC(O)C(N)=O. The number of rotatable bonds is 10. The van der Waals surface area contributed by atoms with E-state index >= 15 is 0 Å². The molecule has 10 heteroatoms. The van der Waals surface area contributed by atoms with E-state index in [0.717, 1.165) is 16.9 Å². The third kappa shape index (κ3) is 6.11. The first-order valence-electron chi connectivity index (χ1n) is 10.6. The van der Waals surface area contributed by atoms with E-state index in [1.165, 1.54) is 5.56 Å². The van der Waals surface area contributed by atoms with Gasteiger partial charge in [-0.25, -0.2) is 0 Å². The highest BCUT2D eigenvalue weighted by Crippen LogP contribution is 2.36. The summed E-state index contributed by atoms with van der Waals surface area (Å²) in [6.45, 7) is 8.08. The fourth-order valence-corrected chi connectivity index (χ4v) is 4.75. The number of benzene rings is 1. The summed E-state index contributed by atoms with van der Waals surface area (Å²) in [5.41, 5.74) is 8.81. The van der Waals surface area contributed by atoms with E-state index in [2.05, 4.69) is 36.3 Å². The van der Waals surface area contributed by atoms with E-state index in [1.54, 1.807) is 24.3 Å². The molecule has 1 amide bonds. The molecular formula is C23H28ClN3O5S. The number of hydrogen-bond acceptors (Lipinski definition) is 8. The van der Waals surface area contributed by atoms with Crippen molar-refractivity contribution in [2.75, 3.05) is 6.61 Å². The number of carbonyl (C=O) groups is 1. The zero-order valence-electron chi connectivity index (χ0n) is 19.0. The predicted octanol–water partition coefficient (Wildman–Crippen LogP) is 3.91. The number of halogens is 1. The molecule has 0 saturated heterocycles. The maximum atomic E-state index is 10.9. The van der Waals surface area contributed by atoms with E-state index < -0.39 is 18.1 Å². The molecule has 0 saturated carbocycles. The Balaban J connectivity index is 1.75. The molecule has 33 heavy (non-hydrogen) atoms. The van der Waals surface area contributed by atoms with Gasteiger partial charge in [0.1, 0.15) is 18.5 Å². The molecule has 2 heterocycles. The summed E-state index contributed by atoms with van der Waals surface area (Å²) in [5, 5.41) is 26.0. The quantitative estimate of drug-likeness (QED) is 0.390. The van der Waals surface area contributed by atoms with Crippen LogP contribution in [0.5, 0.6) is 5.75 Å². The lowest BCUT2D eigenvalue weighted by Crippen LogP contribution is -2.33. The minimum absolute atomic E-state index is 0.160. The number of nitrogens with two attached hydrogens (primary N) is 1. The van der Waals surface area contributed by atoms with Crippen LogP contribution in [0, 0.1) is 19.8 Å². The van der Waals surface area contributed by atoms with Crippen LogP contribution in [0.2, 0.25) is 5.02 Å². The van der Waals surface area contributed by atoms with E-state index in [9.17, 15) is 15.0 Å². The van der Waals surface area contributed by atoms with Gasteiger partial charge < -0.3 is 25.2 Å². The van der Waals surface area contributed by atoms with Crippen LogP contribution in [0.1, 0.15) is 37.0 Å². The fraction of sp³-hybridized carbons (Fsp3) is 0.435. The van der Waals surface area contributed by atoms with Crippen LogP contribution in [0.25, 0.3) is 22.2 Å². The third-order valence-electron chi connectivity index (χ3n) is 5.12. The smallest absolute Gasteiger partial charge is 0.268 e. The largest absolute Gasteiger partial charge is 0.489 e. The molecule has 3 rings (SSSR count). The molecule has 0 spiro atoms. The fourth-order valence-electron chi connectivity index (χ4n) is 3.40. The molecule has 0 aliphatic carbocycles. The first-order valence-corrected chi connectivity index (χ1v) is 11.8. The first-order chi connectivity index (χ1) is 15.6. The number of aliphatic hydroxyl groups excluding tert-OH is 2. The second-order valence-electron chi connectivity index (χ2n) is 8.46. The minimum atomic E-state index is -1.44. The molecule has 8 nitrogen and oxygen atoms in total. The minimum Gasteiger partial charge on any atom is -0.489 e. The number of carbonyl (C=O) groups excluding carboxylic acids is 1. The lowest BCUT2D eigenvalue weighted by Gasteiger charge is -2.16. The van der Waals surface area contributed by atoms with Crippen LogP contribution < -0.4 is 10.5 Å². The van der Waals surface area contributed by atoms with Gasteiger partial charge in [0.05, 0.1) is 16.0 Å². The molecule has 2 atom stereocenters. The summed E-state index contributed by atoms with van der Waals surface area (Å²) in [7, 11) is 0. The van der Waals surface area contributed by atoms with Gasteiger partial charge in [0, 0.05) is 12.0 Å². The number of amides is 1. The van der Waals surface area contributed by atoms with Gasteiger partial charge >= 0.3 is 0 Å². The first kappa shape index (κ1) is 25.2. The van der Waals surface area contributed by atoms with Crippen molar-refractivity contribution in [2.45, 2.75) is 52.7 Å². The number of aromatic nitrogens is 2. The monoisotopic (exact) mass is 493 g/mol. The molecule has 178 valence electrons. The molecule has 0 aliphatic heterocycles. The van der Waals surface area contributed by atoms with E-state index in [1.807, 2.05) is 6.07 Å². The summed E-state index contributed by atoms with van der Waals surface area (Å²) >= 11 is 8.00. The Hall–Kier alpha value is -2.46. The molecular weight excluding hydrogens is 466 g/mol. The lowest BCUT2D eigenvalue weighted by atomic mass is 10.0. The highest BCUT2D eigenvalue weighted by atomic mass is 35.5. The van der Waals surface area contributed by atoms with E-state index in [4.69, 9.17) is 26.6 Å². The van der Waals surface area contributed by atoms with Gasteiger partial charge in [-0.2, -0.15) is 4.98 Å². The van der Waals surface area contributed by atoms with Gasteiger partial charge in [0.15, 0.2) is 0 Å². The second kappa shape index (κ2) is 10.6. The number of hydrogen-bond donors (Lipinski definition) is 3. The molecule has 0 radical (unpaired) electrons. The Bertz CT molecular complexity index is 1100. The second-order valence-corrected chi connectivity index (χ2v) is 9.75. The summed E-state index contributed by atoms with van der Waals surface area (Å²) in [6, 6.07) is 3.47. The summed E-state index contributed by atoms with van der Waals surface area (Å²) in [5.74, 6) is 0.909. The van der Waals surface area contributed by atoms with Crippen molar-refractivity contribution in [3.63, 3.8) is 0 Å². The Labute approximate surface area is 201 Å². The van der Waals surface area contributed by atoms with Crippen molar-refractivity contribution in [1.29, 1.82) is 0 Å². The molecule has 2 aromatic heterocycles.